The lowest BCUT2D eigenvalue weighted by molar-refractivity contribution is 0.267. The third kappa shape index (κ3) is 2.12. The van der Waals surface area contributed by atoms with Crippen LogP contribution < -0.4 is 5.56 Å². The van der Waals surface area contributed by atoms with Crippen LogP contribution in [-0.4, -0.2) is 32.6 Å². The zero-order valence-electron chi connectivity index (χ0n) is 12.5. The Morgan fingerprint density at radius 3 is 3.05 bits per heavy atom. The molecule has 2 aromatic rings. The number of fused-ring (bicyclic) bond motifs is 2. The van der Waals surface area contributed by atoms with Gasteiger partial charge in [0.1, 0.15) is 5.01 Å². The SMILES string of the molecule is CCc1nn2c(=O)cc(CN3CC4CC4(CC)C3)nc2s1. The summed E-state index contributed by atoms with van der Waals surface area (Å²) < 4.78 is 1.43. The maximum Gasteiger partial charge on any atom is 0.275 e. The van der Waals surface area contributed by atoms with E-state index in [0.717, 1.165) is 47.6 Å². The van der Waals surface area contributed by atoms with Crippen LogP contribution in [0.15, 0.2) is 10.9 Å². The van der Waals surface area contributed by atoms with Crippen molar-refractivity contribution in [1.29, 1.82) is 0 Å². The molecule has 2 atom stereocenters. The molecule has 0 aromatic carbocycles. The number of rotatable bonds is 4. The lowest BCUT2D eigenvalue weighted by Crippen LogP contribution is -2.26. The van der Waals surface area contributed by atoms with Crippen molar-refractivity contribution in [3.8, 4) is 0 Å². The van der Waals surface area contributed by atoms with E-state index in [1.165, 1.54) is 28.7 Å². The van der Waals surface area contributed by atoms with Gasteiger partial charge in [-0.3, -0.25) is 9.69 Å². The van der Waals surface area contributed by atoms with Crippen LogP contribution in [0.3, 0.4) is 0 Å². The highest BCUT2D eigenvalue weighted by Gasteiger charge is 2.58. The molecule has 2 aromatic heterocycles. The molecule has 1 aliphatic heterocycles. The minimum atomic E-state index is -0.0551. The average molecular weight is 304 g/mol. The predicted molar refractivity (Wildman–Crippen MR) is 82.6 cm³/mol. The molecule has 0 N–H and O–H groups in total. The van der Waals surface area contributed by atoms with Crippen molar-refractivity contribution in [2.24, 2.45) is 11.3 Å². The Balaban J connectivity index is 1.58. The summed E-state index contributed by atoms with van der Waals surface area (Å²) in [6, 6.07) is 1.65. The first-order valence-corrected chi connectivity index (χ1v) is 8.56. The van der Waals surface area contributed by atoms with Gasteiger partial charge >= 0.3 is 0 Å². The third-order valence-corrected chi connectivity index (χ3v) is 6.16. The fourth-order valence-corrected chi connectivity index (χ4v) is 4.58. The Kier molecular flexibility index (Phi) is 2.94. The standard InChI is InChI=1S/C15H20N4OS/c1-3-12-17-19-13(20)5-11(16-14(19)21-12)8-18-7-10-6-15(10,4-2)9-18/h5,10H,3-4,6-9H2,1-2H3. The van der Waals surface area contributed by atoms with Gasteiger partial charge < -0.3 is 0 Å². The fourth-order valence-electron chi connectivity index (χ4n) is 3.72. The van der Waals surface area contributed by atoms with Gasteiger partial charge in [0.15, 0.2) is 0 Å². The monoisotopic (exact) mass is 304 g/mol. The second-order valence-corrected chi connectivity index (χ2v) is 7.46. The van der Waals surface area contributed by atoms with Gasteiger partial charge in [0.2, 0.25) is 4.96 Å². The molecular weight excluding hydrogens is 284 g/mol. The van der Waals surface area contributed by atoms with Gasteiger partial charge in [0, 0.05) is 25.7 Å². The molecule has 2 fully saturated rings. The Morgan fingerprint density at radius 2 is 2.33 bits per heavy atom. The molecular formula is C15H20N4OS. The zero-order valence-corrected chi connectivity index (χ0v) is 13.3. The van der Waals surface area contributed by atoms with Crippen molar-refractivity contribution in [3.05, 3.63) is 27.1 Å². The van der Waals surface area contributed by atoms with Crippen molar-refractivity contribution < 1.29 is 0 Å². The van der Waals surface area contributed by atoms with Gasteiger partial charge in [0.05, 0.1) is 5.69 Å². The largest absolute Gasteiger partial charge is 0.297 e. The number of aryl methyl sites for hydroxylation is 1. The highest BCUT2D eigenvalue weighted by Crippen LogP contribution is 2.59. The normalized spacial score (nSPS) is 28.2. The van der Waals surface area contributed by atoms with Gasteiger partial charge in [-0.15, -0.1) is 0 Å². The minimum Gasteiger partial charge on any atom is -0.297 e. The molecule has 5 nitrogen and oxygen atoms in total. The van der Waals surface area contributed by atoms with E-state index in [-0.39, 0.29) is 5.56 Å². The van der Waals surface area contributed by atoms with E-state index in [0.29, 0.717) is 5.41 Å². The summed E-state index contributed by atoms with van der Waals surface area (Å²) in [6.07, 6.45) is 3.51. The molecule has 3 heterocycles. The molecule has 21 heavy (non-hydrogen) atoms. The summed E-state index contributed by atoms with van der Waals surface area (Å²) in [5.74, 6) is 0.877. The second kappa shape index (κ2) is 4.61. The molecule has 0 spiro atoms. The van der Waals surface area contributed by atoms with Crippen molar-refractivity contribution in [3.63, 3.8) is 0 Å². The summed E-state index contributed by atoms with van der Waals surface area (Å²) in [4.78, 5) is 20.0. The highest BCUT2D eigenvalue weighted by molar-refractivity contribution is 7.16. The molecule has 0 amide bonds. The molecule has 0 bridgehead atoms. The molecule has 6 heteroatoms. The van der Waals surface area contributed by atoms with Crippen LogP contribution in [0, 0.1) is 11.3 Å². The highest BCUT2D eigenvalue weighted by atomic mass is 32.1. The zero-order chi connectivity index (χ0) is 14.6. The summed E-state index contributed by atoms with van der Waals surface area (Å²) in [6.45, 7) is 7.47. The number of hydrogen-bond acceptors (Lipinski definition) is 5. The van der Waals surface area contributed by atoms with Crippen LogP contribution >= 0.6 is 11.3 Å². The molecule has 2 aliphatic rings. The van der Waals surface area contributed by atoms with Crippen LogP contribution in [0.1, 0.15) is 37.4 Å². The minimum absolute atomic E-state index is 0.0551. The van der Waals surface area contributed by atoms with Gasteiger partial charge in [-0.2, -0.15) is 9.61 Å². The smallest absolute Gasteiger partial charge is 0.275 e. The quantitative estimate of drug-likeness (QED) is 0.866. The molecule has 1 aliphatic carbocycles. The molecule has 1 saturated heterocycles. The Morgan fingerprint density at radius 1 is 1.48 bits per heavy atom. The second-order valence-electron chi connectivity index (χ2n) is 6.42. The van der Waals surface area contributed by atoms with E-state index in [4.69, 9.17) is 0 Å². The van der Waals surface area contributed by atoms with E-state index < -0.39 is 0 Å². The molecule has 0 radical (unpaired) electrons. The van der Waals surface area contributed by atoms with Gasteiger partial charge in [-0.05, 0) is 30.6 Å². The number of piperidine rings is 1. The molecule has 112 valence electrons. The first kappa shape index (κ1) is 13.4. The van der Waals surface area contributed by atoms with Gasteiger partial charge in [-0.25, -0.2) is 4.98 Å². The van der Waals surface area contributed by atoms with Crippen molar-refractivity contribution in [2.75, 3.05) is 13.1 Å². The van der Waals surface area contributed by atoms with E-state index in [9.17, 15) is 4.79 Å². The number of nitrogens with zero attached hydrogens (tertiary/aromatic N) is 4. The first-order valence-electron chi connectivity index (χ1n) is 7.74. The lowest BCUT2D eigenvalue weighted by atomic mass is 10.0. The molecule has 2 unspecified atom stereocenters. The Hall–Kier alpha value is -1.27. The number of aromatic nitrogens is 3. The third-order valence-electron chi connectivity index (χ3n) is 5.11. The topological polar surface area (TPSA) is 50.5 Å². The fraction of sp³-hybridized carbons (Fsp3) is 0.667. The van der Waals surface area contributed by atoms with Crippen LogP contribution in [0.4, 0.5) is 0 Å². The Bertz CT molecular complexity index is 748. The maximum atomic E-state index is 12.1. The molecule has 1 saturated carbocycles. The van der Waals surface area contributed by atoms with E-state index >= 15 is 0 Å². The van der Waals surface area contributed by atoms with Crippen molar-refractivity contribution in [2.45, 2.75) is 39.7 Å². The van der Waals surface area contributed by atoms with E-state index in [1.807, 2.05) is 6.92 Å². The summed E-state index contributed by atoms with van der Waals surface area (Å²) in [7, 11) is 0. The summed E-state index contributed by atoms with van der Waals surface area (Å²) >= 11 is 1.52. The van der Waals surface area contributed by atoms with Crippen molar-refractivity contribution in [1.82, 2.24) is 19.5 Å². The first-order chi connectivity index (χ1) is 10.1. The van der Waals surface area contributed by atoms with Crippen LogP contribution in [0.2, 0.25) is 0 Å². The number of likely N-dealkylation sites (tertiary alicyclic amines) is 1. The van der Waals surface area contributed by atoms with Gasteiger partial charge in [0.25, 0.3) is 5.56 Å². The lowest BCUT2D eigenvalue weighted by Gasteiger charge is -2.19. The van der Waals surface area contributed by atoms with E-state index in [1.54, 1.807) is 6.07 Å². The van der Waals surface area contributed by atoms with Crippen LogP contribution in [0.5, 0.6) is 0 Å². The van der Waals surface area contributed by atoms with Crippen LogP contribution in [0.25, 0.3) is 4.96 Å². The summed E-state index contributed by atoms with van der Waals surface area (Å²) in [5, 5.41) is 5.26. The average Bonchev–Trinajstić information content (AvgIpc) is 2.84. The maximum absolute atomic E-state index is 12.1. The molecule has 4 rings (SSSR count). The van der Waals surface area contributed by atoms with Gasteiger partial charge in [-0.1, -0.05) is 25.2 Å². The Labute approximate surface area is 127 Å². The van der Waals surface area contributed by atoms with Crippen LogP contribution in [-0.2, 0) is 13.0 Å². The number of hydrogen-bond donors (Lipinski definition) is 0. The summed E-state index contributed by atoms with van der Waals surface area (Å²) in [5.41, 5.74) is 1.42. The van der Waals surface area contributed by atoms with Crippen molar-refractivity contribution >= 4 is 16.3 Å². The predicted octanol–water partition coefficient (Wildman–Crippen LogP) is 1.95. The van der Waals surface area contributed by atoms with E-state index in [2.05, 4.69) is 21.9 Å².